The number of nitrogens with zero attached hydrogens (tertiary/aromatic N) is 2. The van der Waals surface area contributed by atoms with E-state index in [1.165, 1.54) is 7.11 Å². The molecule has 0 spiro atoms. The van der Waals surface area contributed by atoms with Crippen LogP contribution in [-0.2, 0) is 22.8 Å². The van der Waals surface area contributed by atoms with Crippen molar-refractivity contribution < 1.29 is 27.1 Å². The normalized spacial score (nSPS) is 15.8. The zero-order valence-electron chi connectivity index (χ0n) is 16.4. The summed E-state index contributed by atoms with van der Waals surface area (Å²) in [5.74, 6) is -1.56. The van der Waals surface area contributed by atoms with Crippen LogP contribution in [0.5, 0.6) is 0 Å². The van der Waals surface area contributed by atoms with Gasteiger partial charge in [0.1, 0.15) is 16.3 Å². The van der Waals surface area contributed by atoms with Gasteiger partial charge in [0.05, 0.1) is 17.8 Å². The van der Waals surface area contributed by atoms with Crippen LogP contribution >= 0.6 is 23.4 Å². The number of alkyl halides is 3. The van der Waals surface area contributed by atoms with E-state index in [4.69, 9.17) is 16.3 Å². The molecule has 0 aliphatic heterocycles. The van der Waals surface area contributed by atoms with Crippen molar-refractivity contribution >= 4 is 29.3 Å². The van der Waals surface area contributed by atoms with Gasteiger partial charge < -0.3 is 4.74 Å². The lowest BCUT2D eigenvalue weighted by atomic mass is 10.1. The van der Waals surface area contributed by atoms with Gasteiger partial charge in [0.2, 0.25) is 0 Å². The number of ether oxygens (including phenoxy) is 1. The van der Waals surface area contributed by atoms with Gasteiger partial charge in [0, 0.05) is 18.0 Å². The quantitative estimate of drug-likeness (QED) is 0.490. The van der Waals surface area contributed by atoms with Crippen LogP contribution in [0.4, 0.5) is 17.6 Å². The molecule has 0 saturated heterocycles. The number of benzene rings is 1. The molecule has 1 aromatic carbocycles. The van der Waals surface area contributed by atoms with Crippen molar-refractivity contribution in [1.29, 1.82) is 0 Å². The number of hydrogen-bond acceptors (Lipinski definition) is 5. The van der Waals surface area contributed by atoms with Crippen LogP contribution in [0.2, 0.25) is 5.02 Å². The minimum atomic E-state index is -4.94. The lowest BCUT2D eigenvalue weighted by Gasteiger charge is -2.26. The Morgan fingerprint density at radius 3 is 2.35 bits per heavy atom. The molecule has 1 aliphatic carbocycles. The summed E-state index contributed by atoms with van der Waals surface area (Å²) >= 11 is 7.16. The summed E-state index contributed by atoms with van der Waals surface area (Å²) in [5, 5.41) is -0.0711. The van der Waals surface area contributed by atoms with Gasteiger partial charge in [0.15, 0.2) is 0 Å². The van der Waals surface area contributed by atoms with Crippen LogP contribution in [-0.4, -0.2) is 27.0 Å². The number of hydrogen-bond donors (Lipinski definition) is 0. The number of carbonyl (C=O) groups is 1. The Morgan fingerprint density at radius 2 is 1.81 bits per heavy atom. The Bertz CT molecular complexity index is 1150. The number of methoxy groups -OCH3 is 1. The van der Waals surface area contributed by atoms with Crippen molar-refractivity contribution in [3.63, 3.8) is 0 Å². The third-order valence-corrected chi connectivity index (χ3v) is 7.07. The summed E-state index contributed by atoms with van der Waals surface area (Å²) in [6.45, 7) is 0. The molecule has 0 radical (unpaired) electrons. The van der Waals surface area contributed by atoms with E-state index < -0.39 is 45.3 Å². The molecule has 31 heavy (non-hydrogen) atoms. The molecule has 0 bridgehead atoms. The fourth-order valence-electron chi connectivity index (χ4n) is 3.58. The van der Waals surface area contributed by atoms with E-state index >= 15 is 0 Å². The van der Waals surface area contributed by atoms with Gasteiger partial charge in [-0.25, -0.2) is 13.8 Å². The lowest BCUT2D eigenvalue weighted by molar-refractivity contribution is -0.144. The van der Waals surface area contributed by atoms with E-state index in [1.807, 2.05) is 0 Å². The molecule has 168 valence electrons. The highest BCUT2D eigenvalue weighted by molar-refractivity contribution is 8.01. The van der Waals surface area contributed by atoms with Gasteiger partial charge >= 0.3 is 17.8 Å². The number of aromatic nitrogens is 2. The van der Waals surface area contributed by atoms with Gasteiger partial charge in [-0.3, -0.25) is 14.2 Å². The van der Waals surface area contributed by atoms with Gasteiger partial charge in [-0.1, -0.05) is 24.4 Å². The van der Waals surface area contributed by atoms with Crippen LogP contribution < -0.4 is 11.2 Å². The van der Waals surface area contributed by atoms with E-state index in [0.717, 1.165) is 43.8 Å². The summed E-state index contributed by atoms with van der Waals surface area (Å²) in [6.07, 6.45) is -2.47. The van der Waals surface area contributed by atoms with Crippen LogP contribution in [0, 0.1) is 5.82 Å². The van der Waals surface area contributed by atoms with Crippen molar-refractivity contribution in [3.05, 3.63) is 55.6 Å². The highest BCUT2D eigenvalue weighted by Crippen LogP contribution is 2.48. The summed E-state index contributed by atoms with van der Waals surface area (Å²) in [5.41, 5.74) is -4.75. The maximum absolute atomic E-state index is 14.7. The number of carbonyl (C=O) groups excluding carboxylic acids is 1. The third kappa shape index (κ3) is 4.25. The Kier molecular flexibility index (Phi) is 6.30. The SMILES string of the molecule is COC(=O)C1(Sc2cc(-n3c(=O)cc(C(F)(F)F)n(C)c3=O)c(F)cc2Cl)CCCC1. The van der Waals surface area contributed by atoms with Crippen molar-refractivity contribution in [2.45, 2.75) is 41.5 Å². The first kappa shape index (κ1) is 23.4. The second-order valence-electron chi connectivity index (χ2n) is 7.07. The monoisotopic (exact) mass is 480 g/mol. The molecule has 6 nitrogen and oxygen atoms in total. The Labute approximate surface area is 182 Å². The van der Waals surface area contributed by atoms with E-state index in [2.05, 4.69) is 0 Å². The summed E-state index contributed by atoms with van der Waals surface area (Å²) in [6, 6.07) is 2.15. The maximum Gasteiger partial charge on any atom is 0.431 e. The first-order valence-corrected chi connectivity index (χ1v) is 10.3. The Morgan fingerprint density at radius 1 is 1.19 bits per heavy atom. The zero-order valence-corrected chi connectivity index (χ0v) is 18.0. The highest BCUT2D eigenvalue weighted by atomic mass is 35.5. The van der Waals surface area contributed by atoms with Crippen LogP contribution in [0.3, 0.4) is 0 Å². The number of esters is 1. The number of rotatable bonds is 4. The van der Waals surface area contributed by atoms with Gasteiger partial charge in [-0.05, 0) is 25.0 Å². The Balaban J connectivity index is 2.17. The smallest absolute Gasteiger partial charge is 0.431 e. The van der Waals surface area contributed by atoms with Crippen molar-refractivity contribution in [2.75, 3.05) is 7.11 Å². The predicted molar refractivity (Wildman–Crippen MR) is 106 cm³/mol. The molecule has 1 fully saturated rings. The van der Waals surface area contributed by atoms with E-state index in [9.17, 15) is 31.9 Å². The third-order valence-electron chi connectivity index (χ3n) is 5.13. The van der Waals surface area contributed by atoms with Crippen molar-refractivity contribution in [3.8, 4) is 5.69 Å². The minimum Gasteiger partial charge on any atom is -0.468 e. The standard InChI is InChI=1S/C19H17ClF4N2O4S/c1-25-14(19(22,23)24)9-15(27)26(17(25)29)12-8-13(10(20)7-11(12)21)31-18(16(28)30-2)5-3-4-6-18/h7-9H,3-6H2,1-2H3. The average molecular weight is 481 g/mol. The topological polar surface area (TPSA) is 70.3 Å². The molecule has 1 saturated carbocycles. The molecule has 0 unspecified atom stereocenters. The minimum absolute atomic E-state index is 0.0711. The molecule has 0 amide bonds. The van der Waals surface area contributed by atoms with E-state index in [0.29, 0.717) is 17.4 Å². The first-order chi connectivity index (χ1) is 14.4. The Hall–Kier alpha value is -2.27. The van der Waals surface area contributed by atoms with Gasteiger partial charge in [-0.15, -0.1) is 11.8 Å². The van der Waals surface area contributed by atoms with Crippen LogP contribution in [0.1, 0.15) is 31.4 Å². The molecular formula is C19H17ClF4N2O4S. The number of halogens is 5. The first-order valence-electron chi connectivity index (χ1n) is 9.08. The maximum atomic E-state index is 14.7. The van der Waals surface area contributed by atoms with Gasteiger partial charge in [0.25, 0.3) is 5.56 Å². The summed E-state index contributed by atoms with van der Waals surface area (Å²) in [7, 11) is 2.07. The molecule has 1 heterocycles. The van der Waals surface area contributed by atoms with Gasteiger partial charge in [-0.2, -0.15) is 13.2 Å². The molecular weight excluding hydrogens is 464 g/mol. The average Bonchev–Trinajstić information content (AvgIpc) is 3.16. The molecule has 3 rings (SSSR count). The summed E-state index contributed by atoms with van der Waals surface area (Å²) < 4.78 is 58.3. The van der Waals surface area contributed by atoms with Crippen LogP contribution in [0.15, 0.2) is 32.7 Å². The largest absolute Gasteiger partial charge is 0.468 e. The molecule has 1 aromatic heterocycles. The van der Waals surface area contributed by atoms with Crippen LogP contribution in [0.25, 0.3) is 5.69 Å². The molecule has 0 N–H and O–H groups in total. The molecule has 2 aromatic rings. The van der Waals surface area contributed by atoms with E-state index in [1.54, 1.807) is 0 Å². The molecule has 1 aliphatic rings. The van der Waals surface area contributed by atoms with E-state index in [-0.39, 0.29) is 20.6 Å². The molecule has 0 atom stereocenters. The fraction of sp³-hybridized carbons (Fsp3) is 0.421. The zero-order chi connectivity index (χ0) is 23.1. The number of thioether (sulfide) groups is 1. The second-order valence-corrected chi connectivity index (χ2v) is 8.90. The van der Waals surface area contributed by atoms with Crippen molar-refractivity contribution in [1.82, 2.24) is 9.13 Å². The fourth-order valence-corrected chi connectivity index (χ4v) is 5.25. The predicted octanol–water partition coefficient (Wildman–Crippen LogP) is 3.93. The molecule has 12 heteroatoms. The second kappa shape index (κ2) is 8.34. The highest BCUT2D eigenvalue weighted by Gasteiger charge is 2.44. The summed E-state index contributed by atoms with van der Waals surface area (Å²) in [4.78, 5) is 37.4. The lowest BCUT2D eigenvalue weighted by Crippen LogP contribution is -2.41. The van der Waals surface area contributed by atoms with Crippen molar-refractivity contribution in [2.24, 2.45) is 7.05 Å².